The fraction of sp³-hybridized carbons (Fsp3) is 0.141. The lowest BCUT2D eigenvalue weighted by Gasteiger charge is -2.27. The van der Waals surface area contributed by atoms with E-state index < -0.39 is 46.4 Å². The zero-order chi connectivity index (χ0) is 56.9. The van der Waals surface area contributed by atoms with Gasteiger partial charge in [-0.25, -0.2) is 0 Å². The van der Waals surface area contributed by atoms with Crippen molar-refractivity contribution >= 4 is 51.9 Å². The molecule has 0 bridgehead atoms. The van der Waals surface area contributed by atoms with Crippen LogP contribution < -0.4 is 16.7 Å². The molecule has 0 unspecified atom stereocenters. The largest absolute Gasteiger partial charge is 0.379 e. The summed E-state index contributed by atoms with van der Waals surface area (Å²) in [6, 6.07) is 50.6. The summed E-state index contributed by atoms with van der Waals surface area (Å²) < 4.78 is 131. The van der Waals surface area contributed by atoms with Crippen LogP contribution >= 0.6 is 0 Å². The Balaban J connectivity index is 0.000000571. The summed E-state index contributed by atoms with van der Waals surface area (Å²) in [5.74, 6) is 1.24. The van der Waals surface area contributed by atoms with Crippen molar-refractivity contribution in [3.63, 3.8) is 0 Å². The second-order valence-electron chi connectivity index (χ2n) is 19.6. The van der Waals surface area contributed by atoms with Gasteiger partial charge in [0.2, 0.25) is 0 Å². The number of amidine groups is 1. The molecule has 14 nitrogen and oxygen atoms in total. The number of benzene rings is 8. The maximum absolute atomic E-state index is 13.6. The lowest BCUT2D eigenvalue weighted by atomic mass is 9.96. The summed E-state index contributed by atoms with van der Waals surface area (Å²) in [4.78, 5) is 6.54. The van der Waals surface area contributed by atoms with Crippen LogP contribution in [0.4, 0.5) is 0 Å². The standard InChI is InChI=1S/C55H38O12S4.C9H16N2/c56-68(57,64-38-16-6-1-7-17-38)42-26-30-48-49-31-27-43(69(58,59)65-39-18-8-2-9-19-39)35-53(49)46(52(48)34-42)24-14-5-15-25-47-54-36-44(70(60,61)66-40-20-10-3-11-21-40)28-32-50(54)51-33-29-45(37-55(47)51)71(62,63)67-41-22-12-4-13-23-41;1-2-5-9-10-6-4-8-11(9)7-3-1/h1-37,46H;1-8H2/b15-5+,24-14+;. The summed E-state index contributed by atoms with van der Waals surface area (Å²) in [6.45, 7) is 3.60. The fourth-order valence-corrected chi connectivity index (χ4v) is 14.2. The van der Waals surface area contributed by atoms with Crippen molar-refractivity contribution in [1.29, 1.82) is 0 Å². The third kappa shape index (κ3) is 12.2. The van der Waals surface area contributed by atoms with Crippen LogP contribution in [0.25, 0.3) is 27.8 Å². The van der Waals surface area contributed by atoms with Gasteiger partial charge >= 0.3 is 40.5 Å². The summed E-state index contributed by atoms with van der Waals surface area (Å²) in [6.07, 6.45) is 15.2. The minimum atomic E-state index is -4.32. The topological polar surface area (TPSA) is 189 Å². The van der Waals surface area contributed by atoms with Gasteiger partial charge in [-0.2, -0.15) is 33.7 Å². The second-order valence-corrected chi connectivity index (χ2v) is 25.8. The third-order valence-electron chi connectivity index (χ3n) is 14.2. The van der Waals surface area contributed by atoms with Gasteiger partial charge in [0, 0.05) is 32.0 Å². The molecule has 416 valence electrons. The van der Waals surface area contributed by atoms with Gasteiger partial charge in [0.05, 0.1) is 5.84 Å². The molecule has 8 aromatic carbocycles. The maximum atomic E-state index is 13.6. The molecule has 0 atom stereocenters. The van der Waals surface area contributed by atoms with Crippen molar-refractivity contribution in [3.8, 4) is 45.3 Å². The van der Waals surface area contributed by atoms with Crippen LogP contribution in [0.3, 0.4) is 0 Å². The molecule has 0 amide bonds. The van der Waals surface area contributed by atoms with Crippen LogP contribution in [0.5, 0.6) is 23.0 Å². The molecule has 0 saturated carbocycles. The molecule has 12 rings (SSSR count). The molecule has 8 aromatic rings. The number of para-hydroxylation sites is 4. The Labute approximate surface area is 478 Å². The molecule has 1 saturated heterocycles. The summed E-state index contributed by atoms with van der Waals surface area (Å²) in [5, 5.41) is 0. The molecule has 82 heavy (non-hydrogen) atoms. The lowest BCUT2D eigenvalue weighted by molar-refractivity contribution is 0.391. The van der Waals surface area contributed by atoms with Crippen molar-refractivity contribution in [3.05, 3.63) is 247 Å². The molecule has 0 aromatic heterocycles. The van der Waals surface area contributed by atoms with Gasteiger partial charge in [-0.15, -0.1) is 0 Å². The molecule has 0 spiro atoms. The van der Waals surface area contributed by atoms with Crippen molar-refractivity contribution in [2.75, 3.05) is 19.6 Å². The van der Waals surface area contributed by atoms with Crippen LogP contribution in [0.2, 0.25) is 0 Å². The highest BCUT2D eigenvalue weighted by atomic mass is 32.2. The summed E-state index contributed by atoms with van der Waals surface area (Å²) >= 11 is 0. The highest BCUT2D eigenvalue weighted by Crippen LogP contribution is 2.49. The van der Waals surface area contributed by atoms with Gasteiger partial charge in [-0.05, 0) is 166 Å². The van der Waals surface area contributed by atoms with Gasteiger partial charge < -0.3 is 21.6 Å². The Morgan fingerprint density at radius 3 is 1.21 bits per heavy atom. The normalized spacial score (nSPS) is 15.0. The Kier molecular flexibility index (Phi) is 15.9. The molecule has 2 aliphatic carbocycles. The average Bonchev–Trinajstić information content (AvgIpc) is 2.91. The molecule has 4 aliphatic rings. The van der Waals surface area contributed by atoms with Crippen molar-refractivity contribution in [1.82, 2.24) is 4.90 Å². The summed E-state index contributed by atoms with van der Waals surface area (Å²) in [7, 11) is -17.3. The number of hydrogen-bond donors (Lipinski definition) is 0. The molecule has 0 radical (unpaired) electrons. The van der Waals surface area contributed by atoms with E-state index >= 15 is 0 Å². The lowest BCUT2D eigenvalue weighted by Crippen LogP contribution is -2.34. The van der Waals surface area contributed by atoms with E-state index in [9.17, 15) is 33.7 Å². The Morgan fingerprint density at radius 1 is 0.390 bits per heavy atom. The number of fused-ring (bicyclic) bond motifs is 7. The zero-order valence-corrected chi connectivity index (χ0v) is 47.3. The van der Waals surface area contributed by atoms with Crippen LogP contribution in [0.15, 0.2) is 249 Å². The Bertz CT molecular complexity index is 4040. The first-order valence-corrected chi connectivity index (χ1v) is 32.1. The van der Waals surface area contributed by atoms with Crippen molar-refractivity contribution < 1.29 is 50.4 Å². The number of aliphatic imine (C=N–C) groups is 1. The minimum absolute atomic E-state index is 0.114. The number of nitrogens with zero attached hydrogens (tertiary/aromatic N) is 2. The van der Waals surface area contributed by atoms with E-state index in [0.29, 0.717) is 50.1 Å². The number of allylic oxidation sites excluding steroid dienone is 5. The first-order chi connectivity index (χ1) is 39.6. The van der Waals surface area contributed by atoms with Gasteiger partial charge in [0.25, 0.3) is 0 Å². The maximum Gasteiger partial charge on any atom is 0.339 e. The van der Waals surface area contributed by atoms with Gasteiger partial charge in [0.15, 0.2) is 0 Å². The monoisotopic (exact) mass is 1170 g/mol. The predicted molar refractivity (Wildman–Crippen MR) is 315 cm³/mol. The molecule has 1 fully saturated rings. The Hall–Kier alpha value is -8.55. The first-order valence-electron chi connectivity index (χ1n) is 26.5. The van der Waals surface area contributed by atoms with Crippen LogP contribution in [0.1, 0.15) is 60.3 Å². The molecule has 18 heteroatoms. The van der Waals surface area contributed by atoms with Crippen molar-refractivity contribution in [2.45, 2.75) is 57.6 Å². The van der Waals surface area contributed by atoms with Crippen LogP contribution in [-0.2, 0) is 40.5 Å². The SMILES string of the molecule is C1CCC2=NCCCN2CC1.O=S(=O)(Oc1ccccc1)c1ccc2c(c1)C(=C/C=C/C=C/C1c3cc(S(=O)(=O)Oc4ccccc4)ccc3-c3ccc(S(=O)(=O)Oc4ccccc4)cc31)c1cc(S(=O)(=O)Oc3ccccc3)ccc1-2. The minimum Gasteiger partial charge on any atom is -0.379 e. The molecule has 2 heterocycles. The molecular weight excluding hydrogens is 1120 g/mol. The zero-order valence-electron chi connectivity index (χ0n) is 44.0. The van der Waals surface area contributed by atoms with Gasteiger partial charge in [-0.3, -0.25) is 4.99 Å². The third-order valence-corrected chi connectivity index (χ3v) is 19.1. The van der Waals surface area contributed by atoms with E-state index in [1.165, 1.54) is 148 Å². The van der Waals surface area contributed by atoms with Gasteiger partial charge in [-0.1, -0.05) is 134 Å². The first kappa shape index (κ1) is 55.4. The molecular formula is C64H54N2O12S4. The van der Waals surface area contributed by atoms with Crippen molar-refractivity contribution in [2.24, 2.45) is 4.99 Å². The quantitative estimate of drug-likeness (QED) is 0.0697. The van der Waals surface area contributed by atoms with E-state index in [2.05, 4.69) is 9.89 Å². The average molecular weight is 1170 g/mol. The van der Waals surface area contributed by atoms with E-state index in [4.69, 9.17) is 16.7 Å². The molecule has 2 aliphatic heterocycles. The smallest absolute Gasteiger partial charge is 0.339 e. The number of rotatable bonds is 15. The van der Waals surface area contributed by atoms with E-state index in [0.717, 1.165) is 6.54 Å². The number of hydrogen-bond acceptors (Lipinski definition) is 14. The summed E-state index contributed by atoms with van der Waals surface area (Å²) in [5.41, 5.74) is 5.24. The highest BCUT2D eigenvalue weighted by Gasteiger charge is 2.33. The van der Waals surface area contributed by atoms with Gasteiger partial charge in [0.1, 0.15) is 42.6 Å². The predicted octanol–water partition coefficient (Wildman–Crippen LogP) is 12.8. The fourth-order valence-electron chi connectivity index (χ4n) is 10.3. The van der Waals surface area contributed by atoms with E-state index in [1.54, 1.807) is 127 Å². The Morgan fingerprint density at radius 2 is 0.780 bits per heavy atom. The highest BCUT2D eigenvalue weighted by molar-refractivity contribution is 7.88. The molecule has 0 N–H and O–H groups in total. The van der Waals surface area contributed by atoms with E-state index in [1.807, 2.05) is 0 Å². The van der Waals surface area contributed by atoms with Crippen LogP contribution in [0, 0.1) is 0 Å². The second kappa shape index (κ2) is 23.5. The van der Waals surface area contributed by atoms with Crippen LogP contribution in [-0.4, -0.2) is 64.0 Å². The van der Waals surface area contributed by atoms with E-state index in [-0.39, 0.29) is 42.6 Å².